The van der Waals surface area contributed by atoms with Crippen LogP contribution in [-0.4, -0.2) is 67.5 Å². The molecule has 0 saturated carbocycles. The van der Waals surface area contributed by atoms with E-state index in [9.17, 15) is 59.2 Å². The van der Waals surface area contributed by atoms with E-state index < -0.39 is 79.1 Å². The Balaban J connectivity index is 1.12. The number of halogens is 6. The van der Waals surface area contributed by atoms with Gasteiger partial charge in [0.05, 0.1) is 54.1 Å². The molecule has 13 nitrogen and oxygen atoms in total. The lowest BCUT2D eigenvalue weighted by Gasteiger charge is -2.19. The molecular weight excluding hydrogens is 949 g/mol. The summed E-state index contributed by atoms with van der Waals surface area (Å²) >= 11 is 0. The predicted octanol–water partition coefficient (Wildman–Crippen LogP) is 7.30. The third-order valence-electron chi connectivity index (χ3n) is 10.8. The average molecular weight is 992 g/mol. The highest BCUT2D eigenvalue weighted by atomic mass is 32.2. The quantitative estimate of drug-likeness (QED) is 0.0508. The van der Waals surface area contributed by atoms with Gasteiger partial charge in [-0.15, -0.1) is 0 Å². The number of alkyl halides is 6. The van der Waals surface area contributed by atoms with E-state index in [0.29, 0.717) is 31.6 Å². The van der Waals surface area contributed by atoms with Crippen LogP contribution >= 0.6 is 0 Å². The number of pyridine rings is 2. The highest BCUT2D eigenvalue weighted by molar-refractivity contribution is 7.85. The van der Waals surface area contributed by atoms with Crippen LogP contribution in [0.25, 0.3) is 11.4 Å². The van der Waals surface area contributed by atoms with Crippen molar-refractivity contribution in [2.75, 3.05) is 39.0 Å². The fourth-order valence-corrected chi connectivity index (χ4v) is 9.67. The van der Waals surface area contributed by atoms with Crippen molar-refractivity contribution in [1.82, 2.24) is 24.7 Å². The fourth-order valence-electron chi connectivity index (χ4n) is 7.23. The van der Waals surface area contributed by atoms with Crippen LogP contribution in [-0.2, 0) is 34.0 Å². The summed E-state index contributed by atoms with van der Waals surface area (Å²) in [7, 11) is -2.27. The van der Waals surface area contributed by atoms with Crippen molar-refractivity contribution in [2.24, 2.45) is 0 Å². The van der Waals surface area contributed by atoms with Crippen molar-refractivity contribution >= 4 is 39.1 Å². The Kier molecular flexibility index (Phi) is 15.9. The number of nitrogens with two attached hydrogens (primary N) is 1. The molecule has 6 rings (SSSR count). The normalized spacial score (nSPS) is 12.6. The first-order valence-electron chi connectivity index (χ1n) is 20.9. The lowest BCUT2D eigenvalue weighted by atomic mass is 10.1. The molecule has 69 heavy (non-hydrogen) atoms. The smallest absolute Gasteiger partial charge is 0.399 e. The number of aromatic nitrogens is 2. The van der Waals surface area contributed by atoms with E-state index in [-0.39, 0.29) is 61.0 Å². The van der Waals surface area contributed by atoms with Crippen LogP contribution in [0, 0.1) is 25.2 Å². The van der Waals surface area contributed by atoms with Crippen LogP contribution in [0.2, 0.25) is 0 Å². The average Bonchev–Trinajstić information content (AvgIpc) is 3.31. The van der Waals surface area contributed by atoms with Gasteiger partial charge in [-0.3, -0.25) is 28.3 Å². The van der Waals surface area contributed by atoms with E-state index in [1.165, 1.54) is 74.5 Å². The number of rotatable bonds is 16. The van der Waals surface area contributed by atoms with Gasteiger partial charge in [0.25, 0.3) is 22.9 Å². The maximum absolute atomic E-state index is 13.9. The summed E-state index contributed by atoms with van der Waals surface area (Å²) in [6, 6.07) is 23.9. The summed E-state index contributed by atoms with van der Waals surface area (Å²) in [5.74, 6) is -1.72. The molecule has 0 fully saturated rings. The van der Waals surface area contributed by atoms with Crippen LogP contribution in [0.3, 0.4) is 0 Å². The summed E-state index contributed by atoms with van der Waals surface area (Å²) in [5.41, 5.74) is 1.24. The lowest BCUT2D eigenvalue weighted by Crippen LogP contribution is -2.36. The second-order valence-electron chi connectivity index (χ2n) is 15.7. The van der Waals surface area contributed by atoms with Gasteiger partial charge < -0.3 is 21.3 Å². The first-order chi connectivity index (χ1) is 32.6. The molecule has 21 heteroatoms. The number of anilines is 1. The van der Waals surface area contributed by atoms with Crippen molar-refractivity contribution in [3.8, 4) is 17.4 Å². The molecular formula is C48H43F6N7O6S2. The fraction of sp³-hybridized carbons (Fsp3) is 0.229. The first-order valence-corrected chi connectivity index (χ1v) is 23.2. The third-order valence-corrected chi connectivity index (χ3v) is 13.9. The zero-order chi connectivity index (χ0) is 50.4. The minimum atomic E-state index is -4.75. The number of nitrogens with zero attached hydrogens (tertiary/aromatic N) is 4. The molecule has 0 spiro atoms. The number of carbonyl (C=O) groups excluding carboxylic acids is 2. The largest absolute Gasteiger partial charge is 0.416 e. The highest BCUT2D eigenvalue weighted by Crippen LogP contribution is 2.33. The molecule has 0 aliphatic carbocycles. The Morgan fingerprint density at radius 2 is 1.04 bits per heavy atom. The molecule has 2 atom stereocenters. The van der Waals surface area contributed by atoms with Gasteiger partial charge in [0, 0.05) is 51.3 Å². The molecule has 0 bridgehead atoms. The number of hydrogen-bond donors (Lipinski definition) is 3. The Hall–Kier alpha value is -7.15. The molecule has 4 N–H and O–H groups in total. The molecule has 0 radical (unpaired) electrons. The van der Waals surface area contributed by atoms with Crippen molar-refractivity contribution in [3.63, 3.8) is 0 Å². The topological polar surface area (TPSA) is 189 Å². The van der Waals surface area contributed by atoms with E-state index in [4.69, 9.17) is 5.73 Å². The van der Waals surface area contributed by atoms with E-state index in [2.05, 4.69) is 10.6 Å². The second-order valence-corrected chi connectivity index (χ2v) is 18.6. The molecule has 4 aromatic carbocycles. The van der Waals surface area contributed by atoms with Gasteiger partial charge in [-0.2, -0.15) is 31.6 Å². The molecule has 2 amide bonds. The Morgan fingerprint density at radius 1 is 0.652 bits per heavy atom. The van der Waals surface area contributed by atoms with Crippen LogP contribution in [0.1, 0.15) is 61.6 Å². The number of benzene rings is 4. The van der Waals surface area contributed by atoms with E-state index >= 15 is 0 Å². The summed E-state index contributed by atoms with van der Waals surface area (Å²) in [6.45, 7) is 3.69. The maximum Gasteiger partial charge on any atom is 0.416 e. The van der Waals surface area contributed by atoms with Gasteiger partial charge in [-0.25, -0.2) is 8.42 Å². The molecule has 0 aliphatic rings. The van der Waals surface area contributed by atoms with Crippen molar-refractivity contribution in [3.05, 3.63) is 169 Å². The van der Waals surface area contributed by atoms with E-state index in [0.717, 1.165) is 57.7 Å². The minimum Gasteiger partial charge on any atom is -0.399 e. The highest BCUT2D eigenvalue weighted by Gasteiger charge is 2.33. The Bertz CT molecular complexity index is 3130. The van der Waals surface area contributed by atoms with Gasteiger partial charge in [-0.05, 0) is 144 Å². The van der Waals surface area contributed by atoms with E-state index in [1.807, 2.05) is 11.0 Å². The molecule has 360 valence electrons. The van der Waals surface area contributed by atoms with Crippen LogP contribution in [0.5, 0.6) is 0 Å². The minimum absolute atomic E-state index is 0.0102. The van der Waals surface area contributed by atoms with Crippen LogP contribution in [0.15, 0.2) is 138 Å². The van der Waals surface area contributed by atoms with E-state index in [1.54, 1.807) is 7.05 Å². The number of nitrogen functional groups attached to an aromatic ring is 1. The molecule has 6 aromatic rings. The number of nitriles is 1. The van der Waals surface area contributed by atoms with Crippen molar-refractivity contribution in [2.45, 2.75) is 58.6 Å². The van der Waals surface area contributed by atoms with Gasteiger partial charge in [-0.1, -0.05) is 12.1 Å². The van der Waals surface area contributed by atoms with Crippen LogP contribution in [0.4, 0.5) is 32.0 Å². The Morgan fingerprint density at radius 3 is 1.42 bits per heavy atom. The number of nitrogens with one attached hydrogen (secondary N) is 2. The summed E-state index contributed by atoms with van der Waals surface area (Å²) in [5, 5.41) is 14.5. The molecule has 2 heterocycles. The summed E-state index contributed by atoms with van der Waals surface area (Å²) in [6.07, 6.45) is -8.79. The molecule has 0 saturated heterocycles. The number of carbonyl (C=O) groups is 2. The summed E-state index contributed by atoms with van der Waals surface area (Å²) in [4.78, 5) is 57.2. The third kappa shape index (κ3) is 11.9. The predicted molar refractivity (Wildman–Crippen MR) is 246 cm³/mol. The molecule has 2 aromatic heterocycles. The number of amides is 2. The summed E-state index contributed by atoms with van der Waals surface area (Å²) < 4.78 is 112. The first kappa shape index (κ1) is 51.2. The zero-order valence-corrected chi connectivity index (χ0v) is 38.7. The maximum atomic E-state index is 13.9. The SMILES string of the molecule is Cc1c(S(=O)c2ccc(N)cc2)cc(C(=O)NCCCN(C)CCCNC(=O)c2cc(S(=O)c3ccc(C#N)cc3)c(C)n(-c3cccc(C(F)(F)F)c3)c2=O)c(=O)n1-c1cccc(C(F)(F)F)c1. The van der Waals surface area contributed by atoms with Crippen LogP contribution < -0.4 is 27.5 Å². The van der Waals surface area contributed by atoms with Gasteiger partial charge in [0.15, 0.2) is 0 Å². The molecule has 0 aliphatic heterocycles. The van der Waals surface area contributed by atoms with Gasteiger partial charge >= 0.3 is 12.4 Å². The van der Waals surface area contributed by atoms with Gasteiger partial charge in [0.2, 0.25) is 0 Å². The number of hydrogen-bond acceptors (Lipinski definition) is 9. The van der Waals surface area contributed by atoms with Crippen molar-refractivity contribution < 1.29 is 44.3 Å². The van der Waals surface area contributed by atoms with Gasteiger partial charge in [0.1, 0.15) is 11.1 Å². The monoisotopic (exact) mass is 991 g/mol. The molecule has 2 unspecified atom stereocenters. The lowest BCUT2D eigenvalue weighted by molar-refractivity contribution is -0.138. The standard InChI is InChI=1S/C48H43F6N7O6S2/c1-29-41(68(66)37-16-12-31(28-55)13-17-37)26-39(45(64)60(29)35-10-4-8-32(24-35)47(49,50)51)43(62)57-20-6-22-59(3)23-7-21-58-44(63)40-27-42(69(67)38-18-14-34(56)15-19-38)30(2)61(46(40)65)36-11-5-9-33(25-36)48(52,53)54/h4-5,8-19,24-27H,6-7,20-23,56H2,1-3H3,(H,57,62)(H,58,63). The van der Waals surface area contributed by atoms with Crippen molar-refractivity contribution in [1.29, 1.82) is 5.26 Å². The second kappa shape index (κ2) is 21.4. The Labute approximate surface area is 396 Å². The zero-order valence-electron chi connectivity index (χ0n) is 37.0.